The van der Waals surface area contributed by atoms with E-state index in [-0.39, 0.29) is 16.3 Å². The first-order valence-electron chi connectivity index (χ1n) is 12.7. The van der Waals surface area contributed by atoms with Crippen molar-refractivity contribution in [1.29, 1.82) is 0 Å². The minimum absolute atomic E-state index is 0.0978. The molecule has 1 heterocycles. The molecular formula is C29H34ClN5O3. The summed E-state index contributed by atoms with van der Waals surface area (Å²) in [7, 11) is 4.00. The summed E-state index contributed by atoms with van der Waals surface area (Å²) in [4.78, 5) is 30.9. The van der Waals surface area contributed by atoms with Crippen LogP contribution in [0.5, 0.6) is 0 Å². The van der Waals surface area contributed by atoms with E-state index in [0.29, 0.717) is 25.3 Å². The van der Waals surface area contributed by atoms with Gasteiger partial charge >= 0.3 is 0 Å². The van der Waals surface area contributed by atoms with Crippen molar-refractivity contribution in [3.63, 3.8) is 0 Å². The molecule has 1 fully saturated rings. The predicted octanol–water partition coefficient (Wildman–Crippen LogP) is 5.18. The number of aryl methyl sites for hydroxylation is 2. The molecule has 3 aromatic rings. The van der Waals surface area contributed by atoms with Crippen LogP contribution in [-0.4, -0.2) is 56.0 Å². The number of nitrogens with zero attached hydrogens (tertiary/aromatic N) is 4. The van der Waals surface area contributed by atoms with Gasteiger partial charge in [0.1, 0.15) is 5.69 Å². The Morgan fingerprint density at radius 2 is 1.63 bits per heavy atom. The van der Waals surface area contributed by atoms with Crippen molar-refractivity contribution in [3.8, 4) is 0 Å². The maximum absolute atomic E-state index is 13.0. The van der Waals surface area contributed by atoms with Crippen molar-refractivity contribution in [2.75, 3.05) is 50.1 Å². The molecule has 4 rings (SSSR count). The summed E-state index contributed by atoms with van der Waals surface area (Å²) in [5, 5.41) is 15.1. The molecule has 1 saturated heterocycles. The molecule has 1 aliphatic heterocycles. The van der Waals surface area contributed by atoms with Gasteiger partial charge in [-0.1, -0.05) is 48.0 Å². The van der Waals surface area contributed by atoms with Gasteiger partial charge in [-0.15, -0.1) is 0 Å². The van der Waals surface area contributed by atoms with E-state index >= 15 is 0 Å². The summed E-state index contributed by atoms with van der Waals surface area (Å²) in [5.41, 5.74) is 6.10. The van der Waals surface area contributed by atoms with Gasteiger partial charge in [-0.05, 0) is 62.3 Å². The quantitative estimate of drug-likeness (QED) is 0.316. The topological polar surface area (TPSA) is 82.0 Å². The van der Waals surface area contributed by atoms with E-state index in [1.165, 1.54) is 22.9 Å². The molecular weight excluding hydrogens is 502 g/mol. The van der Waals surface area contributed by atoms with Gasteiger partial charge in [0.15, 0.2) is 0 Å². The van der Waals surface area contributed by atoms with Crippen molar-refractivity contribution < 1.29 is 9.72 Å². The number of nitrogens with one attached hydrogen (secondary N) is 1. The van der Waals surface area contributed by atoms with Crippen LogP contribution in [0, 0.1) is 24.0 Å². The van der Waals surface area contributed by atoms with Crippen LogP contribution in [0.2, 0.25) is 5.02 Å². The van der Waals surface area contributed by atoms with Crippen molar-refractivity contribution in [2.45, 2.75) is 26.9 Å². The van der Waals surface area contributed by atoms with E-state index < -0.39 is 10.8 Å². The summed E-state index contributed by atoms with van der Waals surface area (Å²) < 4.78 is 0. The van der Waals surface area contributed by atoms with Gasteiger partial charge in [0.25, 0.3) is 11.6 Å². The second-order valence-corrected chi connectivity index (χ2v) is 10.5. The first kappa shape index (κ1) is 27.4. The predicted molar refractivity (Wildman–Crippen MR) is 153 cm³/mol. The number of nitro groups is 1. The summed E-state index contributed by atoms with van der Waals surface area (Å²) in [5.74, 6) is -0.442. The highest BCUT2D eigenvalue weighted by atomic mass is 35.5. The number of benzene rings is 3. The lowest BCUT2D eigenvalue weighted by molar-refractivity contribution is -0.384. The highest BCUT2D eigenvalue weighted by Crippen LogP contribution is 2.35. The van der Waals surface area contributed by atoms with Crippen LogP contribution in [0.4, 0.5) is 17.1 Å². The SMILES string of the molecule is Cc1ccc(C)c(N2CCN(c3cc(Cl)c(C(=O)NCc4cccc(CN(C)C)c4)cc3[N+](=O)[O-])CC2)c1. The Hall–Kier alpha value is -3.62. The molecule has 1 N–H and O–H groups in total. The number of carbonyl (C=O) groups is 1. The number of carbonyl (C=O) groups excluding carboxylic acids is 1. The molecule has 0 spiro atoms. The molecule has 3 aromatic carbocycles. The lowest BCUT2D eigenvalue weighted by atomic mass is 10.1. The fraction of sp³-hybridized carbons (Fsp3) is 0.345. The fourth-order valence-electron chi connectivity index (χ4n) is 4.85. The van der Waals surface area contributed by atoms with Crippen molar-refractivity contribution in [1.82, 2.24) is 10.2 Å². The molecule has 1 amide bonds. The standard InChI is InChI=1S/C29H34ClN5O3/c1-20-8-9-21(2)26(14-20)33-10-12-34(13-11-33)27-17-25(30)24(16-28(27)35(37)38)29(36)31-18-22-6-5-7-23(15-22)19-32(3)4/h5-9,14-17H,10-13,18-19H2,1-4H3,(H,31,36). The monoisotopic (exact) mass is 535 g/mol. The second-order valence-electron chi connectivity index (χ2n) is 10.1. The Morgan fingerprint density at radius 3 is 2.29 bits per heavy atom. The number of hydrogen-bond acceptors (Lipinski definition) is 6. The molecule has 1 aliphatic rings. The van der Waals surface area contributed by atoms with Gasteiger partial charge in [0.05, 0.1) is 15.5 Å². The summed E-state index contributed by atoms with van der Waals surface area (Å²) in [6.07, 6.45) is 0. The molecule has 0 aliphatic carbocycles. The Bertz CT molecular complexity index is 1340. The van der Waals surface area contributed by atoms with Crippen LogP contribution in [0.1, 0.15) is 32.6 Å². The van der Waals surface area contributed by atoms with Crippen LogP contribution in [-0.2, 0) is 13.1 Å². The third kappa shape index (κ3) is 6.44. The highest BCUT2D eigenvalue weighted by Gasteiger charge is 2.27. The molecule has 0 bridgehead atoms. The molecule has 0 unspecified atom stereocenters. The average molecular weight is 536 g/mol. The number of rotatable bonds is 8. The largest absolute Gasteiger partial charge is 0.368 e. The number of piperazine rings is 1. The lowest BCUT2D eigenvalue weighted by Crippen LogP contribution is -2.47. The normalized spacial score (nSPS) is 13.6. The molecule has 8 nitrogen and oxygen atoms in total. The Balaban J connectivity index is 1.48. The first-order valence-corrected chi connectivity index (χ1v) is 13.1. The number of nitro benzene ring substituents is 1. The fourth-order valence-corrected chi connectivity index (χ4v) is 5.10. The highest BCUT2D eigenvalue weighted by molar-refractivity contribution is 6.34. The average Bonchev–Trinajstić information content (AvgIpc) is 2.88. The smallest absolute Gasteiger partial charge is 0.293 e. The Morgan fingerprint density at radius 1 is 0.974 bits per heavy atom. The minimum Gasteiger partial charge on any atom is -0.368 e. The molecule has 0 radical (unpaired) electrons. The molecule has 9 heteroatoms. The molecule has 200 valence electrons. The van der Waals surface area contributed by atoms with E-state index in [1.807, 2.05) is 43.3 Å². The van der Waals surface area contributed by atoms with E-state index in [4.69, 9.17) is 11.6 Å². The van der Waals surface area contributed by atoms with E-state index in [1.54, 1.807) is 6.07 Å². The molecule has 38 heavy (non-hydrogen) atoms. The molecule has 0 saturated carbocycles. The van der Waals surface area contributed by atoms with E-state index in [9.17, 15) is 14.9 Å². The van der Waals surface area contributed by atoms with E-state index in [0.717, 1.165) is 30.8 Å². The summed E-state index contributed by atoms with van der Waals surface area (Å²) in [6, 6.07) is 17.2. The van der Waals surface area contributed by atoms with Gasteiger partial charge in [-0.2, -0.15) is 0 Å². The van der Waals surface area contributed by atoms with Crippen LogP contribution in [0.15, 0.2) is 54.6 Å². The van der Waals surface area contributed by atoms with Gasteiger partial charge in [0, 0.05) is 51.0 Å². The van der Waals surface area contributed by atoms with Crippen LogP contribution >= 0.6 is 11.6 Å². The van der Waals surface area contributed by atoms with E-state index in [2.05, 4.69) is 47.2 Å². The zero-order valence-electron chi connectivity index (χ0n) is 22.3. The van der Waals surface area contributed by atoms with Gasteiger partial charge in [-0.3, -0.25) is 14.9 Å². The Labute approximate surface area is 229 Å². The van der Waals surface area contributed by atoms with Crippen molar-refractivity contribution >= 4 is 34.6 Å². The molecule has 0 atom stereocenters. The first-order chi connectivity index (χ1) is 18.1. The van der Waals surface area contributed by atoms with Gasteiger partial charge in [0.2, 0.25) is 0 Å². The maximum atomic E-state index is 13.0. The third-order valence-electron chi connectivity index (χ3n) is 6.77. The van der Waals surface area contributed by atoms with Crippen molar-refractivity contribution in [2.24, 2.45) is 0 Å². The Kier molecular flexibility index (Phi) is 8.54. The molecule has 0 aromatic heterocycles. The second kappa shape index (κ2) is 11.8. The third-order valence-corrected chi connectivity index (χ3v) is 7.09. The maximum Gasteiger partial charge on any atom is 0.293 e. The van der Waals surface area contributed by atoms with Gasteiger partial charge in [-0.25, -0.2) is 0 Å². The zero-order valence-corrected chi connectivity index (χ0v) is 23.1. The zero-order chi connectivity index (χ0) is 27.4. The number of anilines is 2. The van der Waals surface area contributed by atoms with Crippen LogP contribution in [0.25, 0.3) is 0 Å². The number of hydrogen-bond donors (Lipinski definition) is 1. The number of amides is 1. The summed E-state index contributed by atoms with van der Waals surface area (Å²) in [6.45, 7) is 7.94. The number of halogens is 1. The summed E-state index contributed by atoms with van der Waals surface area (Å²) >= 11 is 6.52. The van der Waals surface area contributed by atoms with Crippen molar-refractivity contribution in [3.05, 3.63) is 97.6 Å². The van der Waals surface area contributed by atoms with Crippen LogP contribution < -0.4 is 15.1 Å². The minimum atomic E-state index is -0.442. The van der Waals surface area contributed by atoms with Crippen LogP contribution in [0.3, 0.4) is 0 Å². The van der Waals surface area contributed by atoms with Gasteiger partial charge < -0.3 is 20.0 Å². The lowest BCUT2D eigenvalue weighted by Gasteiger charge is -2.38.